The molecule has 0 saturated carbocycles. The standard InChI is InChI=1S/C34H33ClF4N6O2/c1-17-12-22-24-28(26(37)27(40-22)20-14-19(46)13-18-4-5-21(36)25(35)23(18)20)41-31(47-16-32-6-2-10-44(32)11-3-7-32)42-30(24)45-15-33(38)8-9-34(39,43-33)29(17)45/h4-5,13-14,17,29,43,46H,2-3,6-12,15-16H2,1H3/t17-,29-,33+,34-/m0/s1. The van der Waals surface area contributed by atoms with Crippen molar-refractivity contribution in [2.24, 2.45) is 5.92 Å². The smallest absolute Gasteiger partial charge is 0.319 e. The number of phenols is 1. The van der Waals surface area contributed by atoms with E-state index in [9.17, 15) is 9.50 Å². The summed E-state index contributed by atoms with van der Waals surface area (Å²) in [7, 11) is 0. The molecule has 246 valence electrons. The number of piperazine rings is 1. The van der Waals surface area contributed by atoms with Crippen molar-refractivity contribution < 1.29 is 27.4 Å². The van der Waals surface area contributed by atoms with E-state index < -0.39 is 35.2 Å². The Labute approximate surface area is 273 Å². The van der Waals surface area contributed by atoms with Gasteiger partial charge in [0.15, 0.2) is 17.4 Å². The van der Waals surface area contributed by atoms with Gasteiger partial charge in [0.05, 0.1) is 34.2 Å². The van der Waals surface area contributed by atoms with Crippen LogP contribution in [0.5, 0.6) is 11.8 Å². The van der Waals surface area contributed by atoms with Crippen LogP contribution in [-0.4, -0.2) is 74.4 Å². The first kappa shape index (κ1) is 29.6. The number of nitrogens with one attached hydrogen (secondary N) is 1. The van der Waals surface area contributed by atoms with Gasteiger partial charge in [0.2, 0.25) is 0 Å². The van der Waals surface area contributed by atoms with Crippen LogP contribution in [0.4, 0.5) is 23.4 Å². The van der Waals surface area contributed by atoms with Gasteiger partial charge in [0.1, 0.15) is 35.2 Å². The summed E-state index contributed by atoms with van der Waals surface area (Å²) >= 11 is 6.44. The second kappa shape index (κ2) is 10.0. The Hall–Kier alpha value is -3.48. The van der Waals surface area contributed by atoms with Crippen molar-refractivity contribution in [1.82, 2.24) is 25.2 Å². The van der Waals surface area contributed by atoms with E-state index in [1.54, 1.807) is 4.90 Å². The van der Waals surface area contributed by atoms with E-state index in [4.69, 9.17) is 26.3 Å². The topological polar surface area (TPSA) is 86.6 Å². The summed E-state index contributed by atoms with van der Waals surface area (Å²) in [6, 6.07) is 4.41. The number of nitrogens with zero attached hydrogens (tertiary/aromatic N) is 5. The zero-order valence-electron chi connectivity index (χ0n) is 25.7. The van der Waals surface area contributed by atoms with Gasteiger partial charge in [-0.3, -0.25) is 4.90 Å². The number of aromatic hydroxyl groups is 1. The lowest BCUT2D eigenvalue weighted by Crippen LogP contribution is -2.69. The average molecular weight is 669 g/mol. The highest BCUT2D eigenvalue weighted by Crippen LogP contribution is 2.51. The number of pyridine rings is 1. The summed E-state index contributed by atoms with van der Waals surface area (Å²) in [5, 5.41) is 13.8. The molecule has 2 N–H and O–H groups in total. The molecule has 5 aliphatic heterocycles. The van der Waals surface area contributed by atoms with E-state index in [0.29, 0.717) is 17.7 Å². The van der Waals surface area contributed by atoms with E-state index in [0.717, 1.165) is 38.8 Å². The molecule has 13 heteroatoms. The lowest BCUT2D eigenvalue weighted by atomic mass is 9.87. The van der Waals surface area contributed by atoms with Gasteiger partial charge in [-0.1, -0.05) is 24.6 Å². The van der Waals surface area contributed by atoms with Gasteiger partial charge in [0.25, 0.3) is 0 Å². The maximum Gasteiger partial charge on any atom is 0.319 e. The van der Waals surface area contributed by atoms with Gasteiger partial charge in [0, 0.05) is 23.8 Å². The number of anilines is 1. The molecule has 2 aromatic heterocycles. The highest BCUT2D eigenvalue weighted by molar-refractivity contribution is 6.37. The van der Waals surface area contributed by atoms with Crippen molar-refractivity contribution in [3.8, 4) is 23.0 Å². The molecule has 2 aromatic carbocycles. The number of hydrogen-bond acceptors (Lipinski definition) is 8. The van der Waals surface area contributed by atoms with Crippen molar-refractivity contribution in [3.05, 3.63) is 46.6 Å². The molecule has 4 aromatic rings. The van der Waals surface area contributed by atoms with Gasteiger partial charge in [-0.25, -0.2) is 27.9 Å². The van der Waals surface area contributed by atoms with Crippen molar-refractivity contribution in [2.75, 3.05) is 31.1 Å². The fourth-order valence-electron chi connectivity index (χ4n) is 9.25. The molecule has 0 spiro atoms. The third-order valence-electron chi connectivity index (χ3n) is 11.2. The van der Waals surface area contributed by atoms with Gasteiger partial charge in [-0.15, -0.1) is 0 Å². The van der Waals surface area contributed by atoms with Crippen LogP contribution in [0.1, 0.15) is 51.1 Å². The number of hydrogen-bond donors (Lipinski definition) is 2. The number of aromatic nitrogens is 3. The van der Waals surface area contributed by atoms with Crippen LogP contribution < -0.4 is 15.0 Å². The monoisotopic (exact) mass is 668 g/mol. The quantitative estimate of drug-likeness (QED) is 0.186. The fourth-order valence-corrected chi connectivity index (χ4v) is 9.52. The molecule has 0 unspecified atom stereocenters. The highest BCUT2D eigenvalue weighted by atomic mass is 35.5. The molecule has 5 aliphatic rings. The molecule has 4 saturated heterocycles. The lowest BCUT2D eigenvalue weighted by Gasteiger charge is -2.48. The zero-order valence-corrected chi connectivity index (χ0v) is 26.5. The number of phenolic OH excluding ortho intramolecular Hbond substituents is 1. The summed E-state index contributed by atoms with van der Waals surface area (Å²) in [6.45, 7) is 3.95. The zero-order chi connectivity index (χ0) is 32.5. The third kappa shape index (κ3) is 4.29. The predicted molar refractivity (Wildman–Crippen MR) is 169 cm³/mol. The number of alkyl halides is 2. The van der Waals surface area contributed by atoms with Crippen molar-refractivity contribution in [2.45, 2.75) is 75.0 Å². The molecule has 0 amide bonds. The van der Waals surface area contributed by atoms with E-state index >= 15 is 13.2 Å². The van der Waals surface area contributed by atoms with Crippen LogP contribution in [0.15, 0.2) is 24.3 Å². The minimum atomic E-state index is -2.05. The fraction of sp³-hybridized carbons (Fsp3) is 0.500. The molecule has 0 aliphatic carbocycles. The molecule has 8 nitrogen and oxygen atoms in total. The van der Waals surface area contributed by atoms with E-state index in [2.05, 4.69) is 15.2 Å². The molecule has 4 atom stereocenters. The first-order valence-corrected chi connectivity index (χ1v) is 16.7. The van der Waals surface area contributed by atoms with Crippen LogP contribution in [-0.2, 0) is 6.42 Å². The molecule has 9 rings (SSSR count). The third-order valence-corrected chi connectivity index (χ3v) is 11.6. The minimum Gasteiger partial charge on any atom is -0.508 e. The number of benzene rings is 2. The molecule has 4 fully saturated rings. The van der Waals surface area contributed by atoms with Crippen molar-refractivity contribution in [1.29, 1.82) is 0 Å². The Morgan fingerprint density at radius 2 is 1.83 bits per heavy atom. The summed E-state index contributed by atoms with van der Waals surface area (Å²) < 4.78 is 70.7. The van der Waals surface area contributed by atoms with Crippen LogP contribution in [0.25, 0.3) is 32.9 Å². The van der Waals surface area contributed by atoms with E-state index in [-0.39, 0.29) is 81.5 Å². The van der Waals surface area contributed by atoms with Gasteiger partial charge in [-0.05, 0) is 74.7 Å². The summed E-state index contributed by atoms with van der Waals surface area (Å²) in [5.74, 6) is -6.03. The van der Waals surface area contributed by atoms with Crippen LogP contribution >= 0.6 is 11.6 Å². The van der Waals surface area contributed by atoms with Gasteiger partial charge in [-0.2, -0.15) is 9.97 Å². The predicted octanol–water partition coefficient (Wildman–Crippen LogP) is 6.59. The summed E-state index contributed by atoms with van der Waals surface area (Å²) in [5.41, 5.74) is -0.0167. The number of rotatable bonds is 4. The second-order valence-electron chi connectivity index (χ2n) is 14.1. The molecular weight excluding hydrogens is 636 g/mol. The van der Waals surface area contributed by atoms with Gasteiger partial charge < -0.3 is 14.7 Å². The van der Waals surface area contributed by atoms with Crippen molar-refractivity contribution >= 4 is 39.1 Å². The SMILES string of the molecule is C[C@H]1Cc2nc(-c3cc(O)cc4ccc(F)c(Cl)c34)c(F)c3nc(OCC45CCCN4CCC5)nc(c23)N2C[C@@]3(F)CC[C@](F)(N3)[C@H]12. The summed E-state index contributed by atoms with van der Waals surface area (Å²) in [4.78, 5) is 18.2. The van der Waals surface area contributed by atoms with Crippen LogP contribution in [0.3, 0.4) is 0 Å². The largest absolute Gasteiger partial charge is 0.508 e. The second-order valence-corrected chi connectivity index (χ2v) is 14.5. The van der Waals surface area contributed by atoms with Gasteiger partial charge >= 0.3 is 6.01 Å². The molecule has 2 bridgehead atoms. The molecule has 7 heterocycles. The van der Waals surface area contributed by atoms with E-state index in [1.807, 2.05) is 6.92 Å². The number of halogens is 5. The molecule has 47 heavy (non-hydrogen) atoms. The lowest BCUT2D eigenvalue weighted by molar-refractivity contribution is -0.00286. The Bertz CT molecular complexity index is 1990. The number of ether oxygens (including phenoxy) is 1. The first-order valence-electron chi connectivity index (χ1n) is 16.3. The minimum absolute atomic E-state index is 0.000538. The van der Waals surface area contributed by atoms with Crippen LogP contribution in [0, 0.1) is 17.6 Å². The average Bonchev–Trinajstić information content (AvgIpc) is 3.66. The Kier molecular flexibility index (Phi) is 6.32. The molecular formula is C34H33ClF4N6O2. The maximum absolute atomic E-state index is 17.1. The Morgan fingerprint density at radius 3 is 2.62 bits per heavy atom. The maximum atomic E-state index is 17.1. The first-order chi connectivity index (χ1) is 22.5. The Balaban J connectivity index is 1.28. The highest BCUT2D eigenvalue weighted by Gasteiger charge is 2.62. The summed E-state index contributed by atoms with van der Waals surface area (Å²) in [6.07, 6.45) is 4.22. The van der Waals surface area contributed by atoms with E-state index in [1.165, 1.54) is 24.3 Å². The normalized spacial score (nSPS) is 29.4. The van der Waals surface area contributed by atoms with Crippen LogP contribution in [0.2, 0.25) is 5.02 Å². The number of fused-ring (bicyclic) bond motifs is 7. The van der Waals surface area contributed by atoms with Crippen molar-refractivity contribution in [3.63, 3.8) is 0 Å². The molecule has 0 radical (unpaired) electrons. The Morgan fingerprint density at radius 1 is 1.04 bits per heavy atom.